The average Bonchev–Trinajstić information content (AvgIpc) is 2.56. The van der Waals surface area contributed by atoms with E-state index in [1.54, 1.807) is 6.08 Å². The molecule has 0 aliphatic carbocycles. The van der Waals surface area contributed by atoms with E-state index in [-0.39, 0.29) is 5.76 Å². The van der Waals surface area contributed by atoms with E-state index in [4.69, 9.17) is 0 Å². The number of rotatable bonds is 7. The summed E-state index contributed by atoms with van der Waals surface area (Å²) in [6, 6.07) is 6.41. The number of aliphatic hydroxyl groups excluding tert-OH is 1. The molecule has 0 atom stereocenters. The van der Waals surface area contributed by atoms with Gasteiger partial charge in [0.2, 0.25) is 0 Å². The highest BCUT2D eigenvalue weighted by molar-refractivity contribution is 5.76. The van der Waals surface area contributed by atoms with E-state index < -0.39 is 0 Å². The van der Waals surface area contributed by atoms with Crippen molar-refractivity contribution in [3.63, 3.8) is 0 Å². The second kappa shape index (κ2) is 9.77. The number of hydrogen-bond donors (Lipinski definition) is 1. The maximum Gasteiger partial charge on any atom is 0.123 e. The Hall–Kier alpha value is -2.28. The number of aryl methyl sites for hydroxylation is 2. The molecule has 0 bridgehead atoms. The lowest BCUT2D eigenvalue weighted by Crippen LogP contribution is -1.91. The van der Waals surface area contributed by atoms with Crippen molar-refractivity contribution in [3.8, 4) is 0 Å². The summed E-state index contributed by atoms with van der Waals surface area (Å²) in [5.74, 6) is 0.264. The molecular formula is C23H30O. The highest BCUT2D eigenvalue weighted by atomic mass is 16.3. The second-order valence-electron chi connectivity index (χ2n) is 6.10. The Labute approximate surface area is 147 Å². The van der Waals surface area contributed by atoms with Gasteiger partial charge < -0.3 is 5.11 Å². The normalized spacial score (nSPS) is 14.0. The molecule has 0 amide bonds. The lowest BCUT2D eigenvalue weighted by atomic mass is 9.98. The molecule has 0 saturated carbocycles. The van der Waals surface area contributed by atoms with E-state index in [2.05, 4.69) is 65.5 Å². The number of benzene rings is 1. The standard InChI is InChI=1S/C23H30O/c1-7-10-20(21-13-12-18(5)19(6)15-21)16-23(24)22(11-8-2)14-17(4)9-3/h8,10-16,24H,2,7,9H2,1,3-6H3/b17-14-,20-10+,22-11+,23-16-. The third-order valence-corrected chi connectivity index (χ3v) is 4.11. The van der Waals surface area contributed by atoms with Crippen molar-refractivity contribution in [2.24, 2.45) is 0 Å². The molecular weight excluding hydrogens is 292 g/mol. The molecule has 128 valence electrons. The van der Waals surface area contributed by atoms with Gasteiger partial charge in [0.25, 0.3) is 0 Å². The van der Waals surface area contributed by atoms with Crippen LogP contribution in [0.1, 0.15) is 50.3 Å². The van der Waals surface area contributed by atoms with Gasteiger partial charge in [0.05, 0.1) is 0 Å². The molecule has 0 spiro atoms. The molecule has 24 heavy (non-hydrogen) atoms. The average molecular weight is 322 g/mol. The van der Waals surface area contributed by atoms with Crippen molar-refractivity contribution in [1.29, 1.82) is 0 Å². The first-order valence-electron chi connectivity index (χ1n) is 8.61. The Bertz CT molecular complexity index is 697. The quantitative estimate of drug-likeness (QED) is 0.423. The van der Waals surface area contributed by atoms with Gasteiger partial charge in [-0.2, -0.15) is 0 Å². The van der Waals surface area contributed by atoms with Gasteiger partial charge in [-0.25, -0.2) is 0 Å². The van der Waals surface area contributed by atoms with Gasteiger partial charge in [-0.3, -0.25) is 0 Å². The van der Waals surface area contributed by atoms with Gasteiger partial charge in [-0.05, 0) is 62.0 Å². The van der Waals surface area contributed by atoms with Gasteiger partial charge in [0, 0.05) is 5.57 Å². The van der Waals surface area contributed by atoms with Gasteiger partial charge in [0.1, 0.15) is 5.76 Å². The summed E-state index contributed by atoms with van der Waals surface area (Å²) in [6.07, 6.45) is 11.4. The van der Waals surface area contributed by atoms with Crippen LogP contribution in [0.5, 0.6) is 0 Å². The van der Waals surface area contributed by atoms with Crippen molar-refractivity contribution in [1.82, 2.24) is 0 Å². The molecule has 1 heteroatoms. The monoisotopic (exact) mass is 322 g/mol. The van der Waals surface area contributed by atoms with Crippen LogP contribution >= 0.6 is 0 Å². The Morgan fingerprint density at radius 1 is 1.12 bits per heavy atom. The first-order chi connectivity index (χ1) is 11.4. The smallest absolute Gasteiger partial charge is 0.123 e. The third-order valence-electron chi connectivity index (χ3n) is 4.11. The van der Waals surface area contributed by atoms with Gasteiger partial charge in [-0.1, -0.05) is 68.5 Å². The Balaban J connectivity index is 3.32. The van der Waals surface area contributed by atoms with E-state index in [0.717, 1.165) is 29.6 Å². The molecule has 0 heterocycles. The molecule has 0 saturated heterocycles. The van der Waals surface area contributed by atoms with E-state index in [0.29, 0.717) is 0 Å². The molecule has 1 aromatic rings. The summed E-state index contributed by atoms with van der Waals surface area (Å²) in [4.78, 5) is 0. The van der Waals surface area contributed by atoms with Crippen LogP contribution in [0.4, 0.5) is 0 Å². The molecule has 0 fully saturated rings. The van der Waals surface area contributed by atoms with Crippen LogP contribution in [0.25, 0.3) is 5.57 Å². The molecule has 0 aliphatic heterocycles. The zero-order valence-corrected chi connectivity index (χ0v) is 15.7. The fraction of sp³-hybridized carbons (Fsp3) is 0.304. The van der Waals surface area contributed by atoms with Gasteiger partial charge in [0.15, 0.2) is 0 Å². The minimum absolute atomic E-state index is 0.264. The predicted molar refractivity (Wildman–Crippen MR) is 107 cm³/mol. The van der Waals surface area contributed by atoms with Crippen LogP contribution in [0.15, 0.2) is 72.1 Å². The molecule has 1 aromatic carbocycles. The predicted octanol–water partition coefficient (Wildman–Crippen LogP) is 7.01. The second-order valence-corrected chi connectivity index (χ2v) is 6.10. The van der Waals surface area contributed by atoms with Crippen LogP contribution < -0.4 is 0 Å². The summed E-state index contributed by atoms with van der Waals surface area (Å²) in [6.45, 7) is 14.3. The Kier molecular flexibility index (Phi) is 8.05. The van der Waals surface area contributed by atoms with Crippen LogP contribution in [0.3, 0.4) is 0 Å². The third kappa shape index (κ3) is 5.73. The van der Waals surface area contributed by atoms with Gasteiger partial charge in [-0.15, -0.1) is 0 Å². The Morgan fingerprint density at radius 2 is 1.83 bits per heavy atom. The van der Waals surface area contributed by atoms with Crippen molar-refractivity contribution < 1.29 is 5.11 Å². The van der Waals surface area contributed by atoms with Gasteiger partial charge >= 0.3 is 0 Å². The zero-order chi connectivity index (χ0) is 18.1. The fourth-order valence-electron chi connectivity index (χ4n) is 2.33. The molecule has 0 aliphatic rings. The zero-order valence-electron chi connectivity index (χ0n) is 15.7. The summed E-state index contributed by atoms with van der Waals surface area (Å²) >= 11 is 0. The van der Waals surface area contributed by atoms with Crippen LogP contribution in [0.2, 0.25) is 0 Å². The first kappa shape index (κ1) is 19.8. The number of hydrogen-bond acceptors (Lipinski definition) is 1. The van der Waals surface area contributed by atoms with E-state index in [1.165, 1.54) is 16.7 Å². The molecule has 1 N–H and O–H groups in total. The van der Waals surface area contributed by atoms with E-state index >= 15 is 0 Å². The molecule has 1 rings (SSSR count). The molecule has 0 aromatic heterocycles. The minimum Gasteiger partial charge on any atom is -0.507 e. The van der Waals surface area contributed by atoms with Crippen molar-refractivity contribution in [3.05, 3.63) is 88.8 Å². The first-order valence-corrected chi connectivity index (χ1v) is 8.61. The largest absolute Gasteiger partial charge is 0.507 e. The van der Waals surface area contributed by atoms with Crippen LogP contribution in [0, 0.1) is 13.8 Å². The molecule has 0 unspecified atom stereocenters. The highest BCUT2D eigenvalue weighted by Crippen LogP contribution is 2.23. The summed E-state index contributed by atoms with van der Waals surface area (Å²) in [7, 11) is 0. The molecule has 0 radical (unpaired) electrons. The molecule has 1 nitrogen and oxygen atoms in total. The van der Waals surface area contributed by atoms with Crippen molar-refractivity contribution >= 4 is 5.57 Å². The number of aliphatic hydroxyl groups is 1. The Morgan fingerprint density at radius 3 is 2.38 bits per heavy atom. The summed E-state index contributed by atoms with van der Waals surface area (Å²) < 4.78 is 0. The van der Waals surface area contributed by atoms with E-state index in [1.807, 2.05) is 18.2 Å². The highest BCUT2D eigenvalue weighted by Gasteiger charge is 2.05. The lowest BCUT2D eigenvalue weighted by molar-refractivity contribution is 0.427. The number of allylic oxidation sites excluding steroid dienone is 7. The minimum atomic E-state index is 0.264. The van der Waals surface area contributed by atoms with Crippen molar-refractivity contribution in [2.45, 2.75) is 47.5 Å². The SMILES string of the molecule is C=C/C=C(\C=C(\C)CC)C(/O)=C/C(=C\CC)c1ccc(C)c(C)c1. The van der Waals surface area contributed by atoms with E-state index in [9.17, 15) is 5.11 Å². The lowest BCUT2D eigenvalue weighted by Gasteiger charge is -2.09. The van der Waals surface area contributed by atoms with Crippen LogP contribution in [-0.2, 0) is 0 Å². The summed E-state index contributed by atoms with van der Waals surface area (Å²) in [5.41, 5.74) is 6.70. The fourth-order valence-corrected chi connectivity index (χ4v) is 2.33. The van der Waals surface area contributed by atoms with Crippen molar-refractivity contribution in [2.75, 3.05) is 0 Å². The maximum absolute atomic E-state index is 10.6. The topological polar surface area (TPSA) is 20.2 Å². The summed E-state index contributed by atoms with van der Waals surface area (Å²) in [5, 5.41) is 10.6. The van der Waals surface area contributed by atoms with Crippen LogP contribution in [-0.4, -0.2) is 5.11 Å². The maximum atomic E-state index is 10.6.